The van der Waals surface area contributed by atoms with E-state index in [0.29, 0.717) is 31.0 Å². The van der Waals surface area contributed by atoms with Gasteiger partial charge in [0.15, 0.2) is 0 Å². The van der Waals surface area contributed by atoms with E-state index in [9.17, 15) is 4.79 Å². The van der Waals surface area contributed by atoms with Crippen LogP contribution in [0.5, 0.6) is 5.75 Å². The second-order valence-corrected chi connectivity index (χ2v) is 4.30. The SMILES string of the molecule is CCCOc1ccccc1NC(=O)CCn1cncn1. The smallest absolute Gasteiger partial charge is 0.226 e. The van der Waals surface area contributed by atoms with Crippen LogP contribution in [0.3, 0.4) is 0 Å². The second kappa shape index (κ2) is 7.28. The molecule has 0 saturated heterocycles. The Hall–Kier alpha value is -2.37. The number of aryl methyl sites for hydroxylation is 1. The number of anilines is 1. The summed E-state index contributed by atoms with van der Waals surface area (Å²) < 4.78 is 7.22. The number of para-hydroxylation sites is 2. The summed E-state index contributed by atoms with van der Waals surface area (Å²) in [5.74, 6) is 0.622. The van der Waals surface area contributed by atoms with Gasteiger partial charge in [0.2, 0.25) is 5.91 Å². The van der Waals surface area contributed by atoms with E-state index in [-0.39, 0.29) is 5.91 Å². The van der Waals surface area contributed by atoms with Crippen molar-refractivity contribution in [1.82, 2.24) is 14.8 Å². The van der Waals surface area contributed by atoms with Gasteiger partial charge in [-0.15, -0.1) is 0 Å². The van der Waals surface area contributed by atoms with Gasteiger partial charge in [-0.3, -0.25) is 9.48 Å². The van der Waals surface area contributed by atoms with E-state index in [1.54, 1.807) is 11.0 Å². The average Bonchev–Trinajstić information content (AvgIpc) is 2.97. The molecule has 0 spiro atoms. The third-order valence-electron chi connectivity index (χ3n) is 2.66. The van der Waals surface area contributed by atoms with E-state index < -0.39 is 0 Å². The minimum atomic E-state index is -0.0759. The zero-order valence-electron chi connectivity index (χ0n) is 11.5. The number of aromatic nitrogens is 3. The standard InChI is InChI=1S/C14H18N4O2/c1-2-9-20-13-6-4-3-5-12(13)17-14(19)7-8-18-11-15-10-16-18/h3-6,10-11H,2,7-9H2,1H3,(H,17,19). The quantitative estimate of drug-likeness (QED) is 0.839. The molecule has 0 radical (unpaired) electrons. The molecule has 1 N–H and O–H groups in total. The Morgan fingerprint density at radius 1 is 1.40 bits per heavy atom. The van der Waals surface area contributed by atoms with E-state index in [4.69, 9.17) is 4.74 Å². The van der Waals surface area contributed by atoms with Crippen LogP contribution in [0.1, 0.15) is 19.8 Å². The van der Waals surface area contributed by atoms with Gasteiger partial charge in [0.1, 0.15) is 18.4 Å². The maximum absolute atomic E-state index is 11.9. The lowest BCUT2D eigenvalue weighted by Crippen LogP contribution is -2.15. The normalized spacial score (nSPS) is 10.2. The Balaban J connectivity index is 1.90. The first-order valence-electron chi connectivity index (χ1n) is 6.63. The highest BCUT2D eigenvalue weighted by atomic mass is 16.5. The summed E-state index contributed by atoms with van der Waals surface area (Å²) in [5.41, 5.74) is 0.699. The molecule has 2 aromatic rings. The van der Waals surface area contributed by atoms with E-state index in [1.165, 1.54) is 6.33 Å². The minimum Gasteiger partial charge on any atom is -0.491 e. The van der Waals surface area contributed by atoms with Crippen LogP contribution >= 0.6 is 0 Å². The highest BCUT2D eigenvalue weighted by Gasteiger charge is 2.07. The number of nitrogens with zero attached hydrogens (tertiary/aromatic N) is 3. The van der Waals surface area contributed by atoms with E-state index >= 15 is 0 Å². The van der Waals surface area contributed by atoms with E-state index in [0.717, 1.165) is 6.42 Å². The topological polar surface area (TPSA) is 69.0 Å². The molecule has 6 heteroatoms. The number of hydrogen-bond acceptors (Lipinski definition) is 4. The molecule has 1 aromatic carbocycles. The number of carbonyl (C=O) groups is 1. The Morgan fingerprint density at radius 3 is 3.00 bits per heavy atom. The first-order valence-corrected chi connectivity index (χ1v) is 6.63. The molecule has 0 aliphatic carbocycles. The Morgan fingerprint density at radius 2 is 2.25 bits per heavy atom. The molecule has 1 amide bonds. The molecule has 1 aromatic heterocycles. The fraction of sp³-hybridized carbons (Fsp3) is 0.357. The second-order valence-electron chi connectivity index (χ2n) is 4.30. The van der Waals surface area contributed by atoms with E-state index in [1.807, 2.05) is 31.2 Å². The van der Waals surface area contributed by atoms with Crippen molar-refractivity contribution in [2.45, 2.75) is 26.3 Å². The molecule has 2 rings (SSSR count). The van der Waals surface area contributed by atoms with Crippen LogP contribution < -0.4 is 10.1 Å². The average molecular weight is 274 g/mol. The van der Waals surface area contributed by atoms with Crippen molar-refractivity contribution in [3.63, 3.8) is 0 Å². The number of benzene rings is 1. The molecule has 106 valence electrons. The van der Waals surface area contributed by atoms with Gasteiger partial charge >= 0.3 is 0 Å². The Kier molecular flexibility index (Phi) is 5.11. The van der Waals surface area contributed by atoms with Crippen LogP contribution in [0.15, 0.2) is 36.9 Å². The first-order chi connectivity index (χ1) is 9.79. The lowest BCUT2D eigenvalue weighted by atomic mass is 10.2. The van der Waals surface area contributed by atoms with E-state index in [2.05, 4.69) is 15.4 Å². The third-order valence-corrected chi connectivity index (χ3v) is 2.66. The lowest BCUT2D eigenvalue weighted by Gasteiger charge is -2.11. The zero-order valence-corrected chi connectivity index (χ0v) is 11.5. The fourth-order valence-corrected chi connectivity index (χ4v) is 1.68. The van der Waals surface area contributed by atoms with Crippen molar-refractivity contribution in [3.05, 3.63) is 36.9 Å². The summed E-state index contributed by atoms with van der Waals surface area (Å²) in [6.07, 6.45) is 4.30. The summed E-state index contributed by atoms with van der Waals surface area (Å²) in [7, 11) is 0. The van der Waals surface area contributed by atoms with Gasteiger partial charge in [0.05, 0.1) is 18.8 Å². The van der Waals surface area contributed by atoms with Gasteiger partial charge in [-0.25, -0.2) is 4.98 Å². The van der Waals surface area contributed by atoms with Crippen molar-refractivity contribution >= 4 is 11.6 Å². The molecule has 0 fully saturated rings. The fourth-order valence-electron chi connectivity index (χ4n) is 1.68. The van der Waals surface area contributed by atoms with Gasteiger partial charge in [-0.1, -0.05) is 19.1 Å². The maximum Gasteiger partial charge on any atom is 0.226 e. The van der Waals surface area contributed by atoms with Crippen LogP contribution in [0.2, 0.25) is 0 Å². The molecule has 0 saturated carbocycles. The molecule has 0 atom stereocenters. The number of ether oxygens (including phenoxy) is 1. The largest absolute Gasteiger partial charge is 0.491 e. The minimum absolute atomic E-state index is 0.0759. The van der Waals surface area contributed by atoms with Gasteiger partial charge in [0, 0.05) is 6.42 Å². The number of carbonyl (C=O) groups excluding carboxylic acids is 1. The van der Waals surface area contributed by atoms with Crippen LogP contribution in [0.4, 0.5) is 5.69 Å². The molecule has 0 aliphatic rings. The maximum atomic E-state index is 11.9. The van der Waals surface area contributed by atoms with Gasteiger partial charge in [-0.05, 0) is 18.6 Å². The van der Waals surface area contributed by atoms with Gasteiger partial charge in [-0.2, -0.15) is 5.10 Å². The number of amides is 1. The van der Waals surface area contributed by atoms with Crippen LogP contribution in [-0.2, 0) is 11.3 Å². The van der Waals surface area contributed by atoms with Gasteiger partial charge < -0.3 is 10.1 Å². The Bertz CT molecular complexity index is 540. The highest BCUT2D eigenvalue weighted by molar-refractivity contribution is 5.92. The number of rotatable bonds is 7. The van der Waals surface area contributed by atoms with Crippen molar-refractivity contribution in [1.29, 1.82) is 0 Å². The molecular formula is C14H18N4O2. The number of hydrogen-bond donors (Lipinski definition) is 1. The Labute approximate surface area is 117 Å². The van der Waals surface area contributed by atoms with Crippen molar-refractivity contribution in [2.75, 3.05) is 11.9 Å². The highest BCUT2D eigenvalue weighted by Crippen LogP contribution is 2.23. The molecule has 6 nitrogen and oxygen atoms in total. The van der Waals surface area contributed by atoms with Crippen LogP contribution in [-0.4, -0.2) is 27.3 Å². The molecule has 1 heterocycles. The third kappa shape index (κ3) is 4.08. The lowest BCUT2D eigenvalue weighted by molar-refractivity contribution is -0.116. The summed E-state index contributed by atoms with van der Waals surface area (Å²) in [5, 5.41) is 6.81. The van der Waals surface area contributed by atoms with Crippen molar-refractivity contribution in [3.8, 4) is 5.75 Å². The zero-order chi connectivity index (χ0) is 14.2. The molecule has 20 heavy (non-hydrogen) atoms. The number of nitrogens with one attached hydrogen (secondary N) is 1. The monoisotopic (exact) mass is 274 g/mol. The molecule has 0 unspecified atom stereocenters. The summed E-state index contributed by atoms with van der Waals surface area (Å²) >= 11 is 0. The van der Waals surface area contributed by atoms with Gasteiger partial charge in [0.25, 0.3) is 0 Å². The molecule has 0 aliphatic heterocycles. The van der Waals surface area contributed by atoms with Crippen molar-refractivity contribution in [2.24, 2.45) is 0 Å². The first kappa shape index (κ1) is 14.0. The van der Waals surface area contributed by atoms with Crippen molar-refractivity contribution < 1.29 is 9.53 Å². The molecule has 0 bridgehead atoms. The molecular weight excluding hydrogens is 256 g/mol. The predicted molar refractivity (Wildman–Crippen MR) is 75.5 cm³/mol. The summed E-state index contributed by atoms with van der Waals surface area (Å²) in [4.78, 5) is 15.7. The summed E-state index contributed by atoms with van der Waals surface area (Å²) in [6, 6.07) is 7.43. The predicted octanol–water partition coefficient (Wildman–Crippen LogP) is 2.10. The van der Waals surface area contributed by atoms with Crippen LogP contribution in [0.25, 0.3) is 0 Å². The van der Waals surface area contributed by atoms with Crippen LogP contribution in [0, 0.1) is 0 Å². The summed E-state index contributed by atoms with van der Waals surface area (Å²) in [6.45, 7) is 3.18.